The Balaban J connectivity index is 2.64. The first-order chi connectivity index (χ1) is 11.6. The minimum Gasteiger partial charge on any atom is -0.462 e. The van der Waals surface area contributed by atoms with Crippen molar-refractivity contribution < 1.29 is 17.9 Å². The van der Waals surface area contributed by atoms with E-state index in [0.717, 1.165) is 11.1 Å². The third-order valence-electron chi connectivity index (χ3n) is 4.39. The number of nitrogens with one attached hydrogen (secondary N) is 1. The lowest BCUT2D eigenvalue weighted by molar-refractivity contribution is 0.0521. The van der Waals surface area contributed by atoms with Gasteiger partial charge in [0.2, 0.25) is 0 Å². The number of para-hydroxylation sites is 1. The van der Waals surface area contributed by atoms with Crippen LogP contribution in [0.15, 0.2) is 23.1 Å². The fourth-order valence-electron chi connectivity index (χ4n) is 2.85. The lowest BCUT2D eigenvalue weighted by Gasteiger charge is -2.14. The summed E-state index contributed by atoms with van der Waals surface area (Å²) >= 11 is 0. The monoisotopic (exact) mass is 364 g/mol. The van der Waals surface area contributed by atoms with E-state index in [-0.39, 0.29) is 17.1 Å². The van der Waals surface area contributed by atoms with Gasteiger partial charge in [0, 0.05) is 18.4 Å². The second-order valence-electron chi connectivity index (χ2n) is 6.03. The molecule has 1 N–H and O–H groups in total. The van der Waals surface area contributed by atoms with Crippen LogP contribution in [-0.2, 0) is 21.8 Å². The first-order valence-corrected chi connectivity index (χ1v) is 9.52. The molecule has 0 spiro atoms. The number of ether oxygens (including phenoxy) is 1. The summed E-state index contributed by atoms with van der Waals surface area (Å²) in [6, 6.07) is 5.53. The van der Waals surface area contributed by atoms with Gasteiger partial charge in [-0.15, -0.1) is 0 Å². The standard InChI is InChI=1S/C18H24N2O4S/c1-7-24-18(21)15-13(4)20(6)14(5)17(15)25(22,23)19-16-11(2)9-8-10-12(16)3/h8-10,19H,7H2,1-6H3. The van der Waals surface area contributed by atoms with E-state index >= 15 is 0 Å². The number of carbonyl (C=O) groups excluding carboxylic acids is 1. The number of benzene rings is 1. The van der Waals surface area contributed by atoms with Crippen LogP contribution < -0.4 is 4.72 Å². The van der Waals surface area contributed by atoms with Crippen LogP contribution in [0.3, 0.4) is 0 Å². The molecule has 0 unspecified atom stereocenters. The minimum absolute atomic E-state index is 0.0337. The predicted octanol–water partition coefficient (Wildman–Crippen LogP) is 3.24. The number of hydrogen-bond donors (Lipinski definition) is 1. The Morgan fingerprint density at radius 3 is 2.20 bits per heavy atom. The molecule has 0 atom stereocenters. The highest BCUT2D eigenvalue weighted by atomic mass is 32.2. The maximum absolute atomic E-state index is 13.1. The van der Waals surface area contributed by atoms with Crippen LogP contribution in [0.4, 0.5) is 5.69 Å². The first kappa shape index (κ1) is 19.1. The summed E-state index contributed by atoms with van der Waals surface area (Å²) in [6.07, 6.45) is 0. The molecule has 0 saturated heterocycles. The first-order valence-electron chi connectivity index (χ1n) is 8.03. The average molecular weight is 364 g/mol. The molecule has 1 heterocycles. The molecule has 136 valence electrons. The molecule has 0 aliphatic rings. The molecule has 7 heteroatoms. The third-order valence-corrected chi connectivity index (χ3v) is 5.90. The van der Waals surface area contributed by atoms with Crippen molar-refractivity contribution in [2.24, 2.45) is 7.05 Å². The second-order valence-corrected chi connectivity index (χ2v) is 7.65. The highest BCUT2D eigenvalue weighted by molar-refractivity contribution is 7.92. The van der Waals surface area contributed by atoms with Crippen molar-refractivity contribution in [3.05, 3.63) is 46.3 Å². The summed E-state index contributed by atoms with van der Waals surface area (Å²) in [7, 11) is -2.23. The Bertz CT molecular complexity index is 907. The maximum Gasteiger partial charge on any atom is 0.341 e. The zero-order valence-corrected chi connectivity index (χ0v) is 16.2. The van der Waals surface area contributed by atoms with Crippen LogP contribution in [-0.4, -0.2) is 25.6 Å². The van der Waals surface area contributed by atoms with Crippen molar-refractivity contribution in [1.82, 2.24) is 4.57 Å². The number of hydrogen-bond acceptors (Lipinski definition) is 4. The Labute approximate surface area is 148 Å². The van der Waals surface area contributed by atoms with Crippen LogP contribution in [0.5, 0.6) is 0 Å². The molecule has 1 aromatic carbocycles. The van der Waals surface area contributed by atoms with Crippen LogP contribution >= 0.6 is 0 Å². The molecule has 25 heavy (non-hydrogen) atoms. The molecule has 1 aromatic heterocycles. The summed E-state index contributed by atoms with van der Waals surface area (Å²) in [5.74, 6) is -0.634. The van der Waals surface area contributed by atoms with Crippen LogP contribution in [0.2, 0.25) is 0 Å². The van der Waals surface area contributed by atoms with E-state index in [1.165, 1.54) is 0 Å². The van der Waals surface area contributed by atoms with Gasteiger partial charge in [0.15, 0.2) is 0 Å². The number of aryl methyl sites for hydroxylation is 2. The van der Waals surface area contributed by atoms with Gasteiger partial charge in [-0.25, -0.2) is 13.2 Å². The second kappa shape index (κ2) is 6.92. The smallest absolute Gasteiger partial charge is 0.341 e. The molecule has 0 aliphatic heterocycles. The van der Waals surface area contributed by atoms with Gasteiger partial charge in [-0.2, -0.15) is 0 Å². The van der Waals surface area contributed by atoms with E-state index in [9.17, 15) is 13.2 Å². The molecular formula is C18H24N2O4S. The molecule has 2 rings (SSSR count). The summed E-state index contributed by atoms with van der Waals surface area (Å²) in [4.78, 5) is 12.3. The van der Waals surface area contributed by atoms with Crippen molar-refractivity contribution in [1.29, 1.82) is 0 Å². The van der Waals surface area contributed by atoms with E-state index in [1.54, 1.807) is 32.4 Å². The molecule has 2 aromatic rings. The third kappa shape index (κ3) is 3.42. The van der Waals surface area contributed by atoms with Crippen molar-refractivity contribution in [2.75, 3.05) is 11.3 Å². The lowest BCUT2D eigenvalue weighted by Crippen LogP contribution is -2.19. The summed E-state index contributed by atoms with van der Waals surface area (Å²) in [6.45, 7) is 8.91. The van der Waals surface area contributed by atoms with Gasteiger partial charge < -0.3 is 9.30 Å². The van der Waals surface area contributed by atoms with Gasteiger partial charge in [-0.3, -0.25) is 4.72 Å². The van der Waals surface area contributed by atoms with Crippen molar-refractivity contribution in [2.45, 2.75) is 39.5 Å². The number of sulfonamides is 1. The van der Waals surface area contributed by atoms with Crippen molar-refractivity contribution >= 4 is 21.7 Å². The van der Waals surface area contributed by atoms with E-state index in [4.69, 9.17) is 4.74 Å². The molecule has 0 amide bonds. The number of carbonyl (C=O) groups is 1. The van der Waals surface area contributed by atoms with Crippen LogP contribution in [0.1, 0.15) is 39.8 Å². The molecule has 0 aliphatic carbocycles. The largest absolute Gasteiger partial charge is 0.462 e. The molecule has 0 radical (unpaired) electrons. The van der Waals surface area contributed by atoms with Gasteiger partial charge in [-0.05, 0) is 45.7 Å². The van der Waals surface area contributed by atoms with E-state index in [0.29, 0.717) is 17.1 Å². The summed E-state index contributed by atoms with van der Waals surface area (Å²) in [5, 5.41) is 0. The van der Waals surface area contributed by atoms with E-state index in [1.807, 2.05) is 32.0 Å². The fraction of sp³-hybridized carbons (Fsp3) is 0.389. The topological polar surface area (TPSA) is 77.4 Å². The molecule has 0 saturated carbocycles. The Kier molecular flexibility index (Phi) is 5.27. The number of anilines is 1. The molecule has 6 nitrogen and oxygen atoms in total. The van der Waals surface area contributed by atoms with Gasteiger partial charge in [0.1, 0.15) is 10.5 Å². The Morgan fingerprint density at radius 1 is 1.12 bits per heavy atom. The summed E-state index contributed by atoms with van der Waals surface area (Å²) in [5.41, 5.74) is 3.27. The number of esters is 1. The Hall–Kier alpha value is -2.28. The molecule has 0 fully saturated rings. The highest BCUT2D eigenvalue weighted by Gasteiger charge is 2.32. The van der Waals surface area contributed by atoms with E-state index < -0.39 is 16.0 Å². The van der Waals surface area contributed by atoms with Gasteiger partial charge in [0.25, 0.3) is 10.0 Å². The van der Waals surface area contributed by atoms with Gasteiger partial charge in [-0.1, -0.05) is 18.2 Å². The number of aromatic nitrogens is 1. The Morgan fingerprint density at radius 2 is 1.68 bits per heavy atom. The zero-order valence-electron chi connectivity index (χ0n) is 15.4. The van der Waals surface area contributed by atoms with Gasteiger partial charge in [0.05, 0.1) is 12.3 Å². The van der Waals surface area contributed by atoms with Crippen LogP contribution in [0, 0.1) is 27.7 Å². The molecular weight excluding hydrogens is 340 g/mol. The maximum atomic E-state index is 13.1. The zero-order chi connectivity index (χ0) is 18.9. The number of rotatable bonds is 5. The minimum atomic E-state index is -3.96. The lowest BCUT2D eigenvalue weighted by atomic mass is 10.1. The normalized spacial score (nSPS) is 11.4. The van der Waals surface area contributed by atoms with Crippen molar-refractivity contribution in [3.8, 4) is 0 Å². The quantitative estimate of drug-likeness (QED) is 0.826. The highest BCUT2D eigenvalue weighted by Crippen LogP contribution is 2.30. The fourth-order valence-corrected chi connectivity index (χ4v) is 4.57. The predicted molar refractivity (Wildman–Crippen MR) is 97.6 cm³/mol. The SMILES string of the molecule is CCOC(=O)c1c(S(=O)(=O)Nc2c(C)cccc2C)c(C)n(C)c1C. The van der Waals surface area contributed by atoms with Crippen LogP contribution in [0.25, 0.3) is 0 Å². The van der Waals surface area contributed by atoms with Crippen molar-refractivity contribution in [3.63, 3.8) is 0 Å². The van der Waals surface area contributed by atoms with E-state index in [2.05, 4.69) is 4.72 Å². The number of nitrogens with zero attached hydrogens (tertiary/aromatic N) is 1. The van der Waals surface area contributed by atoms with Gasteiger partial charge >= 0.3 is 5.97 Å². The average Bonchev–Trinajstić information content (AvgIpc) is 2.76. The molecule has 0 bridgehead atoms. The summed E-state index contributed by atoms with van der Waals surface area (Å²) < 4.78 is 35.6.